The molecule has 0 N–H and O–H groups in total. The summed E-state index contributed by atoms with van der Waals surface area (Å²) in [6.45, 7) is 0. The maximum atomic E-state index is 12.2. The predicted octanol–water partition coefficient (Wildman–Crippen LogP) is 4.63. The van der Waals surface area contributed by atoms with E-state index < -0.39 is 33.2 Å². The SMILES string of the molecule is FC(F)(F)SC(=S)c1ccc(C(F)(F)F)cc1. The molecule has 0 nitrogen and oxygen atoms in total. The maximum absolute atomic E-state index is 12.2. The van der Waals surface area contributed by atoms with Gasteiger partial charge in [-0.3, -0.25) is 0 Å². The van der Waals surface area contributed by atoms with Crippen molar-refractivity contribution < 1.29 is 26.3 Å². The normalized spacial score (nSPS) is 12.6. The summed E-state index contributed by atoms with van der Waals surface area (Å²) in [5, 5.41) is 0. The van der Waals surface area contributed by atoms with Gasteiger partial charge in [-0.25, -0.2) is 0 Å². The first-order chi connectivity index (χ1) is 7.59. The molecule has 1 aromatic carbocycles. The second-order valence-electron chi connectivity index (χ2n) is 2.91. The van der Waals surface area contributed by atoms with Crippen LogP contribution < -0.4 is 0 Å². The van der Waals surface area contributed by atoms with E-state index >= 15 is 0 Å². The summed E-state index contributed by atoms with van der Waals surface area (Å²) in [6.07, 6.45) is -4.52. The van der Waals surface area contributed by atoms with Crippen molar-refractivity contribution in [2.45, 2.75) is 11.7 Å². The Kier molecular flexibility index (Phi) is 4.08. The number of benzene rings is 1. The van der Waals surface area contributed by atoms with Crippen LogP contribution in [0.4, 0.5) is 26.3 Å². The Hall–Kier alpha value is -0.760. The number of thioether (sulfide) groups is 1. The molecule has 17 heavy (non-hydrogen) atoms. The molecule has 0 spiro atoms. The second-order valence-corrected chi connectivity index (χ2v) is 4.65. The van der Waals surface area contributed by atoms with Crippen LogP contribution in [0.3, 0.4) is 0 Å². The van der Waals surface area contributed by atoms with Crippen molar-refractivity contribution in [1.82, 2.24) is 0 Å². The van der Waals surface area contributed by atoms with Crippen molar-refractivity contribution in [2.75, 3.05) is 0 Å². The lowest BCUT2D eigenvalue weighted by atomic mass is 10.1. The third kappa shape index (κ3) is 4.55. The van der Waals surface area contributed by atoms with Crippen LogP contribution in [0.5, 0.6) is 0 Å². The summed E-state index contributed by atoms with van der Waals surface area (Å²) < 4.78 is 71.9. The van der Waals surface area contributed by atoms with Crippen LogP contribution in [0.25, 0.3) is 0 Å². The number of alkyl halides is 6. The van der Waals surface area contributed by atoms with Crippen LogP contribution in [-0.2, 0) is 6.18 Å². The molecule has 0 saturated carbocycles. The van der Waals surface area contributed by atoms with E-state index in [1.807, 2.05) is 0 Å². The highest BCUT2D eigenvalue weighted by Gasteiger charge is 2.32. The van der Waals surface area contributed by atoms with E-state index in [1.165, 1.54) is 0 Å². The summed E-state index contributed by atoms with van der Waals surface area (Å²) in [6, 6.07) is 3.23. The third-order valence-electron chi connectivity index (χ3n) is 1.66. The number of hydrogen-bond acceptors (Lipinski definition) is 2. The molecule has 0 aromatic heterocycles. The lowest BCUT2D eigenvalue weighted by Crippen LogP contribution is -2.07. The zero-order valence-electron chi connectivity index (χ0n) is 7.89. The summed E-state index contributed by atoms with van der Waals surface area (Å²) in [5.41, 5.74) is -5.53. The minimum absolute atomic E-state index is 0.0599. The van der Waals surface area contributed by atoms with Gasteiger partial charge in [-0.05, 0) is 29.5 Å². The van der Waals surface area contributed by atoms with Crippen molar-refractivity contribution in [3.8, 4) is 0 Å². The molecule has 0 saturated heterocycles. The lowest BCUT2D eigenvalue weighted by Gasteiger charge is -2.09. The molecule has 8 heteroatoms. The molecule has 0 radical (unpaired) electrons. The summed E-state index contributed by atoms with van der Waals surface area (Å²) >= 11 is 3.94. The highest BCUT2D eigenvalue weighted by atomic mass is 32.2. The van der Waals surface area contributed by atoms with Crippen molar-refractivity contribution in [1.29, 1.82) is 0 Å². The summed E-state index contributed by atoms with van der Waals surface area (Å²) in [5.74, 6) is 0. The first-order valence-corrected chi connectivity index (χ1v) is 5.29. The van der Waals surface area contributed by atoms with Crippen LogP contribution in [0.2, 0.25) is 0 Å². The minimum Gasteiger partial charge on any atom is -0.166 e. The molecule has 0 aliphatic rings. The van der Waals surface area contributed by atoms with Gasteiger partial charge < -0.3 is 0 Å². The largest absolute Gasteiger partial charge is 0.447 e. The topological polar surface area (TPSA) is 0 Å². The van der Waals surface area contributed by atoms with Gasteiger partial charge in [0.05, 0.1) is 9.76 Å². The second kappa shape index (κ2) is 4.85. The minimum atomic E-state index is -4.54. The third-order valence-corrected chi connectivity index (χ3v) is 2.79. The van der Waals surface area contributed by atoms with Crippen LogP contribution in [0, 0.1) is 0 Å². The molecule has 0 heterocycles. The average Bonchev–Trinajstić information content (AvgIpc) is 2.14. The van der Waals surface area contributed by atoms with Gasteiger partial charge in [-0.1, -0.05) is 24.4 Å². The Balaban J connectivity index is 2.85. The van der Waals surface area contributed by atoms with Gasteiger partial charge in [-0.2, -0.15) is 26.3 Å². The highest BCUT2D eigenvalue weighted by Crippen LogP contribution is 2.34. The Morgan fingerprint density at radius 1 is 0.941 bits per heavy atom. The molecule has 0 amide bonds. The van der Waals surface area contributed by atoms with E-state index in [9.17, 15) is 26.3 Å². The highest BCUT2D eigenvalue weighted by molar-refractivity contribution is 8.24. The molecule has 0 unspecified atom stereocenters. The zero-order valence-corrected chi connectivity index (χ0v) is 9.53. The molecule has 1 rings (SSSR count). The van der Waals surface area contributed by atoms with Gasteiger partial charge in [0.15, 0.2) is 0 Å². The first-order valence-electron chi connectivity index (χ1n) is 4.07. The van der Waals surface area contributed by atoms with Crippen molar-refractivity contribution in [3.63, 3.8) is 0 Å². The van der Waals surface area contributed by atoms with E-state index in [2.05, 4.69) is 12.2 Å². The molecular formula is C9H4F6S2. The number of rotatable bonds is 1. The van der Waals surface area contributed by atoms with Gasteiger partial charge in [0, 0.05) is 0 Å². The van der Waals surface area contributed by atoms with Crippen LogP contribution >= 0.6 is 24.0 Å². The number of hydrogen-bond donors (Lipinski definition) is 0. The van der Waals surface area contributed by atoms with E-state index in [0.29, 0.717) is 12.1 Å². The molecule has 0 atom stereocenters. The Labute approximate surface area is 102 Å². The molecular weight excluding hydrogens is 286 g/mol. The van der Waals surface area contributed by atoms with Crippen LogP contribution in [-0.4, -0.2) is 9.70 Å². The fourth-order valence-corrected chi connectivity index (χ4v) is 1.84. The van der Waals surface area contributed by atoms with Crippen molar-refractivity contribution in [2.24, 2.45) is 0 Å². The smallest absolute Gasteiger partial charge is 0.166 e. The molecule has 0 fully saturated rings. The first kappa shape index (κ1) is 14.3. The average molecular weight is 290 g/mol. The molecule has 94 valence electrons. The van der Waals surface area contributed by atoms with E-state index in [-0.39, 0.29) is 5.56 Å². The van der Waals surface area contributed by atoms with Gasteiger partial charge >= 0.3 is 11.7 Å². The van der Waals surface area contributed by atoms with Gasteiger partial charge in [-0.15, -0.1) is 0 Å². The molecule has 0 bridgehead atoms. The van der Waals surface area contributed by atoms with Gasteiger partial charge in [0.2, 0.25) is 0 Å². The Morgan fingerprint density at radius 3 is 1.76 bits per heavy atom. The van der Waals surface area contributed by atoms with E-state index in [1.54, 1.807) is 0 Å². The fraction of sp³-hybridized carbons (Fsp3) is 0.222. The van der Waals surface area contributed by atoms with Gasteiger partial charge in [0.25, 0.3) is 0 Å². The summed E-state index contributed by atoms with van der Waals surface area (Å²) in [7, 11) is 0. The number of thiocarbonyl (C=S) groups is 1. The maximum Gasteiger partial charge on any atom is 0.447 e. The van der Waals surface area contributed by atoms with Crippen molar-refractivity contribution >= 4 is 28.2 Å². The lowest BCUT2D eigenvalue weighted by molar-refractivity contribution is -0.137. The van der Waals surface area contributed by atoms with Crippen LogP contribution in [0.15, 0.2) is 24.3 Å². The summed E-state index contributed by atoms with van der Waals surface area (Å²) in [4.78, 5) is 0. The number of halogens is 6. The van der Waals surface area contributed by atoms with E-state index in [0.717, 1.165) is 12.1 Å². The predicted molar refractivity (Wildman–Crippen MR) is 56.8 cm³/mol. The Bertz CT molecular complexity index is 403. The monoisotopic (exact) mass is 290 g/mol. The quantitative estimate of drug-likeness (QED) is 0.546. The zero-order chi connectivity index (χ0) is 13.3. The van der Waals surface area contributed by atoms with E-state index in [4.69, 9.17) is 0 Å². The molecule has 1 aromatic rings. The van der Waals surface area contributed by atoms with Crippen molar-refractivity contribution in [3.05, 3.63) is 35.4 Å². The molecule has 0 aliphatic carbocycles. The standard InChI is InChI=1S/C9H4F6S2/c10-8(11,12)6-3-1-5(2-4-6)7(16)17-9(13,14)15/h1-4H. The molecule has 0 aliphatic heterocycles. The van der Waals surface area contributed by atoms with Gasteiger partial charge in [0.1, 0.15) is 0 Å². The fourth-order valence-electron chi connectivity index (χ4n) is 0.959. The van der Waals surface area contributed by atoms with Crippen LogP contribution in [0.1, 0.15) is 11.1 Å². The Morgan fingerprint density at radius 2 is 1.41 bits per heavy atom.